The molecule has 8 nitrogen and oxygen atoms in total. The van der Waals surface area contributed by atoms with Gasteiger partial charge in [0.05, 0.1) is 0 Å². The number of benzene rings is 1. The summed E-state index contributed by atoms with van der Waals surface area (Å²) < 4.78 is 20.7. The Balaban J connectivity index is 1.67. The predicted molar refractivity (Wildman–Crippen MR) is 83.2 cm³/mol. The number of carboxylic acid groups (broad SMARTS) is 1. The minimum absolute atomic E-state index is 0.0360. The van der Waals surface area contributed by atoms with Crippen LogP contribution in [-0.2, 0) is 16.1 Å². The normalized spacial score (nSPS) is 16.4. The van der Waals surface area contributed by atoms with Crippen molar-refractivity contribution >= 4 is 11.9 Å². The minimum Gasteiger partial charge on any atom is -0.478 e. The standard InChI is InChI=1S/C16H17FN4O4/c17-12-3-1-2-4-13(12)25-16(15(23)24)5-7-20(8-6-16)14(22)9-21-11-18-10-19-21/h1-4,10-11H,5-9H2,(H,23,24). The molecule has 0 saturated carbocycles. The molecule has 1 N–H and O–H groups in total. The number of aromatic nitrogens is 3. The summed E-state index contributed by atoms with van der Waals surface area (Å²) in [5, 5.41) is 13.5. The van der Waals surface area contributed by atoms with Crippen molar-refractivity contribution in [2.45, 2.75) is 25.0 Å². The largest absolute Gasteiger partial charge is 0.478 e. The first-order valence-corrected chi connectivity index (χ1v) is 7.77. The van der Waals surface area contributed by atoms with Gasteiger partial charge in [-0.05, 0) is 12.1 Å². The smallest absolute Gasteiger partial charge is 0.348 e. The quantitative estimate of drug-likeness (QED) is 0.864. The van der Waals surface area contributed by atoms with Crippen LogP contribution in [0.5, 0.6) is 5.75 Å². The van der Waals surface area contributed by atoms with Crippen LogP contribution in [-0.4, -0.2) is 55.3 Å². The van der Waals surface area contributed by atoms with Crippen LogP contribution in [0.25, 0.3) is 0 Å². The molecule has 1 saturated heterocycles. The lowest BCUT2D eigenvalue weighted by molar-refractivity contribution is -0.162. The highest BCUT2D eigenvalue weighted by atomic mass is 19.1. The van der Waals surface area contributed by atoms with Gasteiger partial charge in [0.1, 0.15) is 19.2 Å². The second kappa shape index (κ2) is 6.88. The van der Waals surface area contributed by atoms with E-state index in [1.165, 1.54) is 35.5 Å². The molecule has 1 amide bonds. The number of hydrogen-bond acceptors (Lipinski definition) is 5. The second-order valence-electron chi connectivity index (χ2n) is 5.81. The highest BCUT2D eigenvalue weighted by Gasteiger charge is 2.45. The van der Waals surface area contributed by atoms with Gasteiger partial charge in [0.15, 0.2) is 11.6 Å². The van der Waals surface area contributed by atoms with E-state index in [2.05, 4.69) is 10.1 Å². The fourth-order valence-electron chi connectivity index (χ4n) is 2.77. The van der Waals surface area contributed by atoms with E-state index in [1.807, 2.05) is 0 Å². The van der Waals surface area contributed by atoms with Crippen molar-refractivity contribution in [2.24, 2.45) is 0 Å². The molecule has 2 aromatic rings. The molecular weight excluding hydrogens is 331 g/mol. The molecule has 2 heterocycles. The van der Waals surface area contributed by atoms with Crippen molar-refractivity contribution in [2.75, 3.05) is 13.1 Å². The lowest BCUT2D eigenvalue weighted by Crippen LogP contribution is -2.54. The van der Waals surface area contributed by atoms with Gasteiger partial charge < -0.3 is 14.7 Å². The summed E-state index contributed by atoms with van der Waals surface area (Å²) in [6, 6.07) is 5.68. The molecule has 0 bridgehead atoms. The summed E-state index contributed by atoms with van der Waals surface area (Å²) >= 11 is 0. The fraction of sp³-hybridized carbons (Fsp3) is 0.375. The Hall–Kier alpha value is -2.97. The Morgan fingerprint density at radius 1 is 1.28 bits per heavy atom. The zero-order chi connectivity index (χ0) is 17.9. The summed E-state index contributed by atoms with van der Waals surface area (Å²) in [6.45, 7) is 0.441. The Labute approximate surface area is 142 Å². The average Bonchev–Trinajstić information content (AvgIpc) is 3.10. The minimum atomic E-state index is -1.55. The van der Waals surface area contributed by atoms with Gasteiger partial charge in [-0.2, -0.15) is 5.10 Å². The van der Waals surface area contributed by atoms with Gasteiger partial charge in [0.2, 0.25) is 11.5 Å². The van der Waals surface area contributed by atoms with E-state index in [0.717, 1.165) is 0 Å². The summed E-state index contributed by atoms with van der Waals surface area (Å²) in [5.74, 6) is -2.07. The van der Waals surface area contributed by atoms with E-state index in [-0.39, 0.29) is 44.1 Å². The van der Waals surface area contributed by atoms with Crippen LogP contribution >= 0.6 is 0 Å². The van der Waals surface area contributed by atoms with Gasteiger partial charge in [-0.25, -0.2) is 18.9 Å². The first-order chi connectivity index (χ1) is 12.0. The molecule has 9 heteroatoms. The van der Waals surface area contributed by atoms with Crippen molar-refractivity contribution < 1.29 is 23.8 Å². The Kier molecular flexibility index (Phi) is 4.64. The van der Waals surface area contributed by atoms with E-state index < -0.39 is 17.4 Å². The van der Waals surface area contributed by atoms with Crippen LogP contribution in [0.3, 0.4) is 0 Å². The van der Waals surface area contributed by atoms with Gasteiger partial charge in [0, 0.05) is 25.9 Å². The molecule has 0 radical (unpaired) electrons. The number of para-hydroxylation sites is 1. The molecule has 0 spiro atoms. The lowest BCUT2D eigenvalue weighted by atomic mass is 9.91. The Morgan fingerprint density at radius 2 is 2.00 bits per heavy atom. The van der Waals surface area contributed by atoms with Crippen molar-refractivity contribution in [1.82, 2.24) is 19.7 Å². The van der Waals surface area contributed by atoms with Gasteiger partial charge >= 0.3 is 5.97 Å². The van der Waals surface area contributed by atoms with Gasteiger partial charge in [-0.3, -0.25) is 4.79 Å². The van der Waals surface area contributed by atoms with E-state index >= 15 is 0 Å². The lowest BCUT2D eigenvalue weighted by Gasteiger charge is -2.38. The zero-order valence-electron chi connectivity index (χ0n) is 13.3. The summed E-state index contributed by atoms with van der Waals surface area (Å²) in [5.41, 5.74) is -1.55. The number of piperidine rings is 1. The highest BCUT2D eigenvalue weighted by Crippen LogP contribution is 2.30. The number of carboxylic acids is 1. The number of rotatable bonds is 5. The molecule has 1 fully saturated rings. The Morgan fingerprint density at radius 3 is 2.60 bits per heavy atom. The number of ether oxygens (including phenoxy) is 1. The van der Waals surface area contributed by atoms with Crippen LogP contribution in [0.1, 0.15) is 12.8 Å². The first kappa shape index (κ1) is 16.9. The maximum Gasteiger partial charge on any atom is 0.348 e. The maximum atomic E-state index is 13.8. The number of hydrogen-bond donors (Lipinski definition) is 1. The SMILES string of the molecule is O=C(Cn1cncn1)N1CCC(Oc2ccccc2F)(C(=O)O)CC1. The molecular formula is C16H17FN4O4. The van der Waals surface area contributed by atoms with E-state index in [1.54, 1.807) is 11.0 Å². The molecule has 1 aromatic heterocycles. The molecule has 1 aliphatic heterocycles. The van der Waals surface area contributed by atoms with Gasteiger partial charge in [-0.1, -0.05) is 12.1 Å². The first-order valence-electron chi connectivity index (χ1n) is 7.77. The molecule has 25 heavy (non-hydrogen) atoms. The van der Waals surface area contributed by atoms with Crippen LogP contribution in [0.2, 0.25) is 0 Å². The number of halogens is 1. The van der Waals surface area contributed by atoms with Gasteiger partial charge in [0.25, 0.3) is 0 Å². The molecule has 1 aromatic carbocycles. The third-order valence-corrected chi connectivity index (χ3v) is 4.22. The van der Waals surface area contributed by atoms with Crippen LogP contribution in [0, 0.1) is 5.82 Å². The fourth-order valence-corrected chi connectivity index (χ4v) is 2.77. The average molecular weight is 348 g/mol. The van der Waals surface area contributed by atoms with Crippen molar-refractivity contribution in [3.63, 3.8) is 0 Å². The van der Waals surface area contributed by atoms with Crippen molar-refractivity contribution in [3.8, 4) is 5.75 Å². The van der Waals surface area contributed by atoms with Crippen molar-refractivity contribution in [1.29, 1.82) is 0 Å². The monoisotopic (exact) mass is 348 g/mol. The van der Waals surface area contributed by atoms with Gasteiger partial charge in [-0.15, -0.1) is 0 Å². The number of amides is 1. The topological polar surface area (TPSA) is 97.5 Å². The number of likely N-dealkylation sites (tertiary alicyclic amines) is 1. The third kappa shape index (κ3) is 3.59. The second-order valence-corrected chi connectivity index (χ2v) is 5.81. The zero-order valence-corrected chi connectivity index (χ0v) is 13.3. The van der Waals surface area contributed by atoms with Crippen LogP contribution < -0.4 is 4.74 Å². The summed E-state index contributed by atoms with van der Waals surface area (Å²) in [6.07, 6.45) is 2.91. The number of carbonyl (C=O) groups is 2. The number of carbonyl (C=O) groups excluding carboxylic acids is 1. The number of nitrogens with zero attached hydrogens (tertiary/aromatic N) is 4. The van der Waals surface area contributed by atoms with Crippen LogP contribution in [0.15, 0.2) is 36.9 Å². The van der Waals surface area contributed by atoms with Crippen LogP contribution in [0.4, 0.5) is 4.39 Å². The number of aliphatic carboxylic acids is 1. The van der Waals surface area contributed by atoms with E-state index in [9.17, 15) is 19.1 Å². The van der Waals surface area contributed by atoms with E-state index in [4.69, 9.17) is 4.74 Å². The molecule has 132 valence electrons. The summed E-state index contributed by atoms with van der Waals surface area (Å²) in [7, 11) is 0. The molecule has 0 aliphatic carbocycles. The molecule has 3 rings (SSSR count). The summed E-state index contributed by atoms with van der Waals surface area (Å²) in [4.78, 5) is 29.3. The third-order valence-electron chi connectivity index (χ3n) is 4.22. The highest BCUT2D eigenvalue weighted by molar-refractivity contribution is 5.80. The Bertz CT molecular complexity index is 757. The van der Waals surface area contributed by atoms with E-state index in [0.29, 0.717) is 0 Å². The predicted octanol–water partition coefficient (Wildman–Crippen LogP) is 0.942. The maximum absolute atomic E-state index is 13.8. The van der Waals surface area contributed by atoms with Crippen molar-refractivity contribution in [3.05, 3.63) is 42.7 Å². The molecule has 0 unspecified atom stereocenters. The molecule has 1 aliphatic rings. The molecule has 0 atom stereocenters.